The van der Waals surface area contributed by atoms with Crippen molar-refractivity contribution in [3.8, 4) is 5.75 Å². The van der Waals surface area contributed by atoms with E-state index in [4.69, 9.17) is 4.74 Å². The fourth-order valence-electron chi connectivity index (χ4n) is 4.27. The van der Waals surface area contributed by atoms with Crippen molar-refractivity contribution in [1.29, 1.82) is 0 Å². The van der Waals surface area contributed by atoms with Crippen LogP contribution in [0.4, 0.5) is 0 Å². The van der Waals surface area contributed by atoms with Crippen LogP contribution in [0.3, 0.4) is 0 Å². The molecule has 2 atom stereocenters. The number of pyridine rings is 2. The molecule has 2 unspecified atom stereocenters. The number of rotatable bonds is 13. The Morgan fingerprint density at radius 2 is 1.61 bits per heavy atom. The van der Waals surface area contributed by atoms with Crippen molar-refractivity contribution in [2.45, 2.75) is 108 Å². The van der Waals surface area contributed by atoms with Gasteiger partial charge in [0.2, 0.25) is 0 Å². The Bertz CT molecular complexity index is 1360. The van der Waals surface area contributed by atoms with Gasteiger partial charge in [-0.15, -0.1) is 12.3 Å². The summed E-state index contributed by atoms with van der Waals surface area (Å²) >= 11 is 0. The van der Waals surface area contributed by atoms with Crippen LogP contribution < -0.4 is 4.74 Å². The standard InChI is InChI=1S/C17H26O.C15H19N.C6H7N.C4H8.C4H6.C2H6/c1-6-15-9-8-10-16(11-15)18-12-14(5)17(7-2)13(3)4;1-4-8-14(5-2)11-10-13(3)15-9-6-7-12-16-15;1-6-3-2-4-7-5-6;2*1-3-4-2;1-2/h8-11,13,17H,5-7,12H2,1-4H3;4,6-13H,1,5H2,2-3H3;2-5H,1H3;3H,1,4H2,2H3;4H,1H2,2H3;1-2H3/b;11-10-,14-8-;;;;. The van der Waals surface area contributed by atoms with Crippen molar-refractivity contribution in [3.05, 3.63) is 170 Å². The van der Waals surface area contributed by atoms with Gasteiger partial charge in [0.05, 0.1) is 0 Å². The maximum Gasteiger partial charge on any atom is 0.120 e. The van der Waals surface area contributed by atoms with Gasteiger partial charge in [0.15, 0.2) is 0 Å². The SMILES string of the molecule is C=C(COc1cccc(CC)c1)C(CC)C(C)C.C=C/C=C(\C=C/C(C)c1ccccn1)CC.C=C=CC.C=CCC.CC.Cc1cccnc1. The zero-order valence-corrected chi connectivity index (χ0v) is 34.3. The lowest BCUT2D eigenvalue weighted by atomic mass is 9.87. The summed E-state index contributed by atoms with van der Waals surface area (Å²) in [6.07, 6.45) is 21.6. The molecule has 3 rings (SSSR count). The summed E-state index contributed by atoms with van der Waals surface area (Å²) in [4.78, 5) is 8.22. The molecule has 0 saturated heterocycles. The molecule has 51 heavy (non-hydrogen) atoms. The third-order valence-corrected chi connectivity index (χ3v) is 7.30. The Morgan fingerprint density at radius 1 is 0.941 bits per heavy atom. The molecule has 0 aliphatic rings. The lowest BCUT2D eigenvalue weighted by molar-refractivity contribution is 0.312. The molecular formula is C48H72N2O. The van der Waals surface area contributed by atoms with Gasteiger partial charge in [-0.3, -0.25) is 9.97 Å². The fraction of sp³-hybridized carbons (Fsp3) is 0.396. The van der Waals surface area contributed by atoms with Crippen LogP contribution in [0.2, 0.25) is 0 Å². The predicted octanol–water partition coefficient (Wildman–Crippen LogP) is 14.5. The Kier molecular flexibility index (Phi) is 36.7. The van der Waals surface area contributed by atoms with E-state index in [0.717, 1.165) is 37.1 Å². The van der Waals surface area contributed by atoms with Gasteiger partial charge >= 0.3 is 0 Å². The first-order chi connectivity index (χ1) is 24.6. The summed E-state index contributed by atoms with van der Waals surface area (Å²) in [7, 11) is 0. The van der Waals surface area contributed by atoms with E-state index >= 15 is 0 Å². The highest BCUT2D eigenvalue weighted by atomic mass is 16.5. The summed E-state index contributed by atoms with van der Waals surface area (Å²) in [5, 5.41) is 0. The molecule has 0 amide bonds. The van der Waals surface area contributed by atoms with Crippen molar-refractivity contribution in [2.24, 2.45) is 11.8 Å². The second kappa shape index (κ2) is 36.8. The maximum atomic E-state index is 5.84. The molecule has 0 aliphatic carbocycles. The highest BCUT2D eigenvalue weighted by Crippen LogP contribution is 2.24. The Hall–Kier alpha value is -4.46. The van der Waals surface area contributed by atoms with E-state index in [9.17, 15) is 0 Å². The molecule has 0 fully saturated rings. The number of aryl methyl sites for hydroxylation is 2. The van der Waals surface area contributed by atoms with Crippen LogP contribution in [0.25, 0.3) is 0 Å². The molecule has 3 nitrogen and oxygen atoms in total. The average Bonchev–Trinajstić information content (AvgIpc) is 3.17. The van der Waals surface area contributed by atoms with E-state index in [2.05, 4.69) is 127 Å². The number of nitrogens with zero attached hydrogens (tertiary/aromatic N) is 2. The molecule has 0 aliphatic heterocycles. The minimum Gasteiger partial charge on any atom is -0.489 e. The Morgan fingerprint density at radius 3 is 2.02 bits per heavy atom. The average molecular weight is 693 g/mol. The number of benzene rings is 1. The minimum atomic E-state index is 0.348. The molecule has 0 spiro atoms. The molecule has 2 aromatic heterocycles. The highest BCUT2D eigenvalue weighted by Gasteiger charge is 2.15. The smallest absolute Gasteiger partial charge is 0.120 e. The molecule has 0 saturated carbocycles. The summed E-state index contributed by atoms with van der Waals surface area (Å²) < 4.78 is 5.84. The maximum absolute atomic E-state index is 5.84. The molecule has 280 valence electrons. The van der Waals surface area contributed by atoms with Gasteiger partial charge in [0.25, 0.3) is 0 Å². The summed E-state index contributed by atoms with van der Waals surface area (Å²) in [6.45, 7) is 38.4. The summed E-state index contributed by atoms with van der Waals surface area (Å²) in [6, 6.07) is 18.3. The molecule has 2 heterocycles. The van der Waals surface area contributed by atoms with E-state index in [-0.39, 0.29) is 0 Å². The van der Waals surface area contributed by atoms with Crippen LogP contribution in [0.1, 0.15) is 111 Å². The summed E-state index contributed by atoms with van der Waals surface area (Å²) in [5.41, 5.74) is 8.68. The molecule has 0 radical (unpaired) electrons. The zero-order valence-electron chi connectivity index (χ0n) is 34.3. The number of allylic oxidation sites excluding steroid dienone is 7. The fourth-order valence-corrected chi connectivity index (χ4v) is 4.27. The van der Waals surface area contributed by atoms with Gasteiger partial charge in [-0.2, -0.15) is 0 Å². The lowest BCUT2D eigenvalue weighted by Crippen LogP contribution is -2.15. The first-order valence-electron chi connectivity index (χ1n) is 18.7. The van der Waals surface area contributed by atoms with Gasteiger partial charge in [0.1, 0.15) is 12.4 Å². The van der Waals surface area contributed by atoms with Gasteiger partial charge < -0.3 is 4.74 Å². The second-order valence-electron chi connectivity index (χ2n) is 11.7. The van der Waals surface area contributed by atoms with Crippen LogP contribution in [-0.2, 0) is 6.42 Å². The largest absolute Gasteiger partial charge is 0.489 e. The van der Waals surface area contributed by atoms with Crippen molar-refractivity contribution in [3.63, 3.8) is 0 Å². The van der Waals surface area contributed by atoms with Crippen molar-refractivity contribution >= 4 is 0 Å². The minimum absolute atomic E-state index is 0.348. The van der Waals surface area contributed by atoms with Crippen molar-refractivity contribution < 1.29 is 4.74 Å². The third kappa shape index (κ3) is 29.0. The molecule has 0 N–H and O–H groups in total. The monoisotopic (exact) mass is 693 g/mol. The topological polar surface area (TPSA) is 35.0 Å². The van der Waals surface area contributed by atoms with Crippen LogP contribution in [0, 0.1) is 18.8 Å². The lowest BCUT2D eigenvalue weighted by Gasteiger charge is -2.22. The number of hydrogen-bond donors (Lipinski definition) is 0. The summed E-state index contributed by atoms with van der Waals surface area (Å²) in [5.74, 6) is 2.49. The molecule has 3 heteroatoms. The molecule has 0 bridgehead atoms. The van der Waals surface area contributed by atoms with Gasteiger partial charge in [0, 0.05) is 30.2 Å². The van der Waals surface area contributed by atoms with Gasteiger partial charge in [-0.1, -0.05) is 137 Å². The van der Waals surface area contributed by atoms with Crippen molar-refractivity contribution in [1.82, 2.24) is 9.97 Å². The molecule has 1 aromatic carbocycles. The van der Waals surface area contributed by atoms with E-state index < -0.39 is 0 Å². The number of ether oxygens (including phenoxy) is 1. The second-order valence-corrected chi connectivity index (χ2v) is 11.7. The number of aromatic nitrogens is 2. The first-order valence-corrected chi connectivity index (χ1v) is 18.7. The normalized spacial score (nSPS) is 10.9. The van der Waals surface area contributed by atoms with Crippen LogP contribution in [0.5, 0.6) is 5.75 Å². The Labute approximate surface area is 315 Å². The van der Waals surface area contributed by atoms with E-state index in [1.165, 1.54) is 22.3 Å². The molecule has 3 aromatic rings. The predicted molar refractivity (Wildman–Crippen MR) is 230 cm³/mol. The van der Waals surface area contributed by atoms with Crippen LogP contribution >= 0.6 is 0 Å². The van der Waals surface area contributed by atoms with Gasteiger partial charge in [-0.25, -0.2) is 0 Å². The van der Waals surface area contributed by atoms with E-state index in [1.807, 2.05) is 88.6 Å². The third-order valence-electron chi connectivity index (χ3n) is 7.30. The quantitative estimate of drug-likeness (QED) is 0.102. The van der Waals surface area contributed by atoms with Gasteiger partial charge in [-0.05, 0) is 110 Å². The molecular weight excluding hydrogens is 621 g/mol. The highest BCUT2D eigenvalue weighted by molar-refractivity contribution is 5.29. The van der Waals surface area contributed by atoms with Crippen LogP contribution in [0.15, 0.2) is 153 Å². The zero-order chi connectivity index (χ0) is 39.3. The number of hydrogen-bond acceptors (Lipinski definition) is 3. The Balaban J connectivity index is -0.000000629. The van der Waals surface area contributed by atoms with E-state index in [1.54, 1.807) is 12.3 Å². The van der Waals surface area contributed by atoms with E-state index in [0.29, 0.717) is 24.4 Å². The van der Waals surface area contributed by atoms with Crippen molar-refractivity contribution in [2.75, 3.05) is 6.61 Å². The first kappa shape index (κ1) is 50.9. The van der Waals surface area contributed by atoms with Crippen LogP contribution in [-0.4, -0.2) is 16.6 Å².